The molecular weight excluding hydrogens is 356 g/mol. The zero-order chi connectivity index (χ0) is 20.2. The number of guanidine groups is 1. The van der Waals surface area contributed by atoms with Gasteiger partial charge in [-0.3, -0.25) is 14.6 Å². The van der Waals surface area contributed by atoms with Crippen LogP contribution in [-0.2, 0) is 20.7 Å². The molecule has 2 rings (SSSR count). The van der Waals surface area contributed by atoms with E-state index in [4.69, 9.17) is 4.74 Å². The number of esters is 1. The second-order valence-corrected chi connectivity index (χ2v) is 6.93. The van der Waals surface area contributed by atoms with Gasteiger partial charge >= 0.3 is 5.97 Å². The van der Waals surface area contributed by atoms with Gasteiger partial charge in [0.05, 0.1) is 6.61 Å². The molecule has 1 atom stereocenters. The van der Waals surface area contributed by atoms with Gasteiger partial charge in [0.1, 0.15) is 0 Å². The van der Waals surface area contributed by atoms with Crippen LogP contribution in [0.2, 0.25) is 0 Å². The molecule has 1 saturated heterocycles. The lowest BCUT2D eigenvalue weighted by Crippen LogP contribution is -2.40. The van der Waals surface area contributed by atoms with E-state index in [1.54, 1.807) is 14.0 Å². The molecule has 7 nitrogen and oxygen atoms in total. The van der Waals surface area contributed by atoms with Gasteiger partial charge in [-0.15, -0.1) is 0 Å². The number of likely N-dealkylation sites (tertiary alicyclic amines) is 1. The van der Waals surface area contributed by atoms with E-state index in [-0.39, 0.29) is 17.8 Å². The van der Waals surface area contributed by atoms with Crippen LogP contribution in [0.5, 0.6) is 0 Å². The molecule has 1 amide bonds. The Morgan fingerprint density at radius 3 is 2.79 bits per heavy atom. The first-order chi connectivity index (χ1) is 13.6. The molecular formula is C21H32N4O3. The summed E-state index contributed by atoms with van der Waals surface area (Å²) in [6.45, 7) is 5.10. The number of amides is 1. The topological polar surface area (TPSA) is 83.0 Å². The van der Waals surface area contributed by atoms with Crippen LogP contribution in [-0.4, -0.2) is 62.6 Å². The maximum atomic E-state index is 12.3. The van der Waals surface area contributed by atoms with Crippen molar-refractivity contribution in [1.82, 2.24) is 15.5 Å². The lowest BCUT2D eigenvalue weighted by Gasteiger charge is -2.18. The van der Waals surface area contributed by atoms with Crippen molar-refractivity contribution in [2.24, 2.45) is 10.9 Å². The molecule has 28 heavy (non-hydrogen) atoms. The van der Waals surface area contributed by atoms with Crippen LogP contribution in [0.1, 0.15) is 31.7 Å². The molecule has 1 heterocycles. The smallest absolute Gasteiger partial charge is 0.305 e. The Kier molecular flexibility index (Phi) is 9.31. The second kappa shape index (κ2) is 12.0. The molecule has 1 aliphatic rings. The molecule has 0 bridgehead atoms. The van der Waals surface area contributed by atoms with Crippen LogP contribution in [0.4, 0.5) is 0 Å². The maximum Gasteiger partial charge on any atom is 0.305 e. The normalized spacial score (nSPS) is 16.9. The third-order valence-corrected chi connectivity index (χ3v) is 4.75. The number of carbonyl (C=O) groups excluding carboxylic acids is 2. The van der Waals surface area contributed by atoms with Crippen LogP contribution < -0.4 is 10.6 Å². The predicted molar refractivity (Wildman–Crippen MR) is 110 cm³/mol. The lowest BCUT2D eigenvalue weighted by atomic mass is 10.1. The van der Waals surface area contributed by atoms with E-state index in [9.17, 15) is 9.59 Å². The molecule has 7 heteroatoms. The van der Waals surface area contributed by atoms with Gasteiger partial charge in [0.2, 0.25) is 5.91 Å². The molecule has 0 spiro atoms. The predicted octanol–water partition coefficient (Wildman–Crippen LogP) is 1.59. The average molecular weight is 389 g/mol. The molecule has 1 fully saturated rings. The van der Waals surface area contributed by atoms with Crippen LogP contribution >= 0.6 is 0 Å². The Bertz CT molecular complexity index is 648. The largest absolute Gasteiger partial charge is 0.466 e. The van der Waals surface area contributed by atoms with Crippen molar-refractivity contribution in [1.29, 1.82) is 0 Å². The Morgan fingerprint density at radius 1 is 1.29 bits per heavy atom. The maximum absolute atomic E-state index is 12.3. The van der Waals surface area contributed by atoms with E-state index in [0.717, 1.165) is 19.5 Å². The monoisotopic (exact) mass is 388 g/mol. The SMILES string of the molecule is CCOC(=O)CCCNC(=NC)NCC1CC(=O)N(CCc2ccccc2)C1. The standard InChI is InChI=1S/C21H32N4O3/c1-3-28-20(27)10-7-12-23-21(22-2)24-15-18-14-19(26)25(16-18)13-11-17-8-5-4-6-9-17/h4-6,8-9,18H,3,7,10-16H2,1-2H3,(H2,22,23,24). The van der Waals surface area contributed by atoms with Gasteiger partial charge in [-0.05, 0) is 25.3 Å². The lowest BCUT2D eigenvalue weighted by molar-refractivity contribution is -0.143. The van der Waals surface area contributed by atoms with E-state index in [1.807, 2.05) is 23.1 Å². The van der Waals surface area contributed by atoms with Crippen molar-refractivity contribution in [2.75, 3.05) is 39.8 Å². The van der Waals surface area contributed by atoms with E-state index in [2.05, 4.69) is 27.8 Å². The van der Waals surface area contributed by atoms with Gasteiger partial charge in [-0.1, -0.05) is 30.3 Å². The number of ether oxygens (including phenoxy) is 1. The Balaban J connectivity index is 1.64. The van der Waals surface area contributed by atoms with Crippen LogP contribution in [0.15, 0.2) is 35.3 Å². The zero-order valence-corrected chi connectivity index (χ0v) is 16.9. The highest BCUT2D eigenvalue weighted by Gasteiger charge is 2.29. The molecule has 1 aliphatic heterocycles. The van der Waals surface area contributed by atoms with Gasteiger partial charge in [-0.25, -0.2) is 0 Å². The van der Waals surface area contributed by atoms with Gasteiger partial charge in [0.25, 0.3) is 0 Å². The molecule has 154 valence electrons. The van der Waals surface area contributed by atoms with Crippen molar-refractivity contribution in [3.8, 4) is 0 Å². The number of nitrogens with one attached hydrogen (secondary N) is 2. The summed E-state index contributed by atoms with van der Waals surface area (Å²) in [5, 5.41) is 6.48. The summed E-state index contributed by atoms with van der Waals surface area (Å²) in [6, 6.07) is 10.2. The highest BCUT2D eigenvalue weighted by atomic mass is 16.5. The van der Waals surface area contributed by atoms with Crippen molar-refractivity contribution in [2.45, 2.75) is 32.6 Å². The summed E-state index contributed by atoms with van der Waals surface area (Å²) < 4.78 is 4.91. The summed E-state index contributed by atoms with van der Waals surface area (Å²) in [4.78, 5) is 29.7. The highest BCUT2D eigenvalue weighted by Crippen LogP contribution is 2.17. The minimum atomic E-state index is -0.174. The Hall–Kier alpha value is -2.57. The minimum absolute atomic E-state index is 0.174. The zero-order valence-electron chi connectivity index (χ0n) is 16.9. The molecule has 0 aromatic heterocycles. The van der Waals surface area contributed by atoms with Gasteiger partial charge in [0, 0.05) is 52.0 Å². The highest BCUT2D eigenvalue weighted by molar-refractivity contribution is 5.81. The van der Waals surface area contributed by atoms with Gasteiger partial charge < -0.3 is 20.3 Å². The molecule has 1 aromatic rings. The fourth-order valence-electron chi connectivity index (χ4n) is 3.25. The fourth-order valence-corrected chi connectivity index (χ4v) is 3.25. The fraction of sp³-hybridized carbons (Fsp3) is 0.571. The van der Waals surface area contributed by atoms with Gasteiger partial charge in [-0.2, -0.15) is 0 Å². The second-order valence-electron chi connectivity index (χ2n) is 6.93. The van der Waals surface area contributed by atoms with E-state index < -0.39 is 0 Å². The van der Waals surface area contributed by atoms with Gasteiger partial charge in [0.15, 0.2) is 5.96 Å². The quantitative estimate of drug-likeness (QED) is 0.275. The number of carbonyl (C=O) groups is 2. The molecule has 1 unspecified atom stereocenters. The number of rotatable bonds is 10. The first-order valence-corrected chi connectivity index (χ1v) is 10.0. The number of aliphatic imine (C=N–C) groups is 1. The molecule has 0 aliphatic carbocycles. The number of benzene rings is 1. The molecule has 0 radical (unpaired) electrons. The number of hydrogen-bond donors (Lipinski definition) is 2. The Morgan fingerprint density at radius 2 is 2.07 bits per heavy atom. The van der Waals surface area contributed by atoms with Crippen molar-refractivity contribution in [3.63, 3.8) is 0 Å². The number of hydrogen-bond acceptors (Lipinski definition) is 4. The first kappa shape index (κ1) is 21.7. The first-order valence-electron chi connectivity index (χ1n) is 10.0. The summed E-state index contributed by atoms with van der Waals surface area (Å²) in [5.74, 6) is 1.02. The van der Waals surface area contributed by atoms with Crippen LogP contribution in [0, 0.1) is 5.92 Å². The summed E-state index contributed by atoms with van der Waals surface area (Å²) in [7, 11) is 1.71. The average Bonchev–Trinajstić information content (AvgIpc) is 3.06. The van der Waals surface area contributed by atoms with Crippen molar-refractivity contribution in [3.05, 3.63) is 35.9 Å². The van der Waals surface area contributed by atoms with Crippen molar-refractivity contribution >= 4 is 17.8 Å². The van der Waals surface area contributed by atoms with E-state index >= 15 is 0 Å². The number of nitrogens with zero attached hydrogens (tertiary/aromatic N) is 2. The summed E-state index contributed by atoms with van der Waals surface area (Å²) in [5.41, 5.74) is 1.25. The molecule has 2 N–H and O–H groups in total. The summed E-state index contributed by atoms with van der Waals surface area (Å²) in [6.07, 6.45) is 2.54. The van der Waals surface area contributed by atoms with Crippen LogP contribution in [0.3, 0.4) is 0 Å². The van der Waals surface area contributed by atoms with E-state index in [1.165, 1.54) is 5.56 Å². The Labute approximate surface area is 167 Å². The molecule has 0 saturated carbocycles. The van der Waals surface area contributed by atoms with E-state index in [0.29, 0.717) is 44.9 Å². The van der Waals surface area contributed by atoms with Crippen molar-refractivity contribution < 1.29 is 14.3 Å². The van der Waals surface area contributed by atoms with Crippen LogP contribution in [0.25, 0.3) is 0 Å². The third-order valence-electron chi connectivity index (χ3n) is 4.75. The summed E-state index contributed by atoms with van der Waals surface area (Å²) >= 11 is 0. The third kappa shape index (κ3) is 7.58. The molecule has 1 aromatic carbocycles. The minimum Gasteiger partial charge on any atom is -0.466 e.